The van der Waals surface area contributed by atoms with E-state index in [1.165, 1.54) is 12.1 Å². The van der Waals surface area contributed by atoms with Crippen LogP contribution in [0.4, 0.5) is 14.9 Å². The Bertz CT molecular complexity index is 564. The molecule has 0 saturated carbocycles. The summed E-state index contributed by atoms with van der Waals surface area (Å²) in [7, 11) is 1.99. The number of urea groups is 1. The van der Waals surface area contributed by atoms with Gasteiger partial charge in [-0.2, -0.15) is 0 Å². The zero-order chi connectivity index (χ0) is 15.6. The summed E-state index contributed by atoms with van der Waals surface area (Å²) in [6, 6.07) is 3.27. The Labute approximate surface area is 122 Å². The van der Waals surface area contributed by atoms with Crippen molar-refractivity contribution in [3.8, 4) is 0 Å². The monoisotopic (exact) mass is 295 g/mol. The molecular weight excluding hydrogens is 277 g/mol. The van der Waals surface area contributed by atoms with E-state index < -0.39 is 11.8 Å². The van der Waals surface area contributed by atoms with E-state index in [4.69, 9.17) is 5.11 Å². The first-order chi connectivity index (χ1) is 9.88. The fraction of sp³-hybridized carbons (Fsp3) is 0.429. The van der Waals surface area contributed by atoms with Gasteiger partial charge in [-0.05, 0) is 32.2 Å². The molecule has 7 heteroatoms. The van der Waals surface area contributed by atoms with Crippen LogP contribution in [0.5, 0.6) is 0 Å². The molecule has 2 rings (SSSR count). The van der Waals surface area contributed by atoms with E-state index >= 15 is 0 Å². The SMILES string of the molecule is CC1CN(C(=O)Nc2ccc(C(=O)O)cc2F)CCN1C. The van der Waals surface area contributed by atoms with Crippen molar-refractivity contribution in [2.45, 2.75) is 13.0 Å². The highest BCUT2D eigenvalue weighted by molar-refractivity contribution is 5.91. The summed E-state index contributed by atoms with van der Waals surface area (Å²) in [5, 5.41) is 11.3. The van der Waals surface area contributed by atoms with Crippen LogP contribution >= 0.6 is 0 Å². The van der Waals surface area contributed by atoms with Crippen molar-refractivity contribution in [1.29, 1.82) is 0 Å². The molecule has 2 amide bonds. The third-order valence-electron chi connectivity index (χ3n) is 3.70. The Morgan fingerprint density at radius 3 is 2.67 bits per heavy atom. The molecule has 6 nitrogen and oxygen atoms in total. The zero-order valence-corrected chi connectivity index (χ0v) is 12.0. The number of amides is 2. The van der Waals surface area contributed by atoms with Gasteiger partial charge >= 0.3 is 12.0 Å². The average molecular weight is 295 g/mol. The lowest BCUT2D eigenvalue weighted by atomic mass is 10.2. The van der Waals surface area contributed by atoms with Crippen molar-refractivity contribution < 1.29 is 19.1 Å². The Hall–Kier alpha value is -2.15. The predicted molar refractivity (Wildman–Crippen MR) is 76.0 cm³/mol. The first kappa shape index (κ1) is 15.2. The number of nitrogens with zero attached hydrogens (tertiary/aromatic N) is 2. The first-order valence-electron chi connectivity index (χ1n) is 6.67. The minimum Gasteiger partial charge on any atom is -0.478 e. The van der Waals surface area contributed by atoms with Gasteiger partial charge in [-0.15, -0.1) is 0 Å². The van der Waals surface area contributed by atoms with E-state index in [-0.39, 0.29) is 23.3 Å². The van der Waals surface area contributed by atoms with Gasteiger partial charge in [0.2, 0.25) is 0 Å². The number of carboxylic acids is 1. The number of carbonyl (C=O) groups is 2. The van der Waals surface area contributed by atoms with Crippen LogP contribution in [0.3, 0.4) is 0 Å². The molecule has 2 N–H and O–H groups in total. The standard InChI is InChI=1S/C14H18FN3O3/c1-9-8-18(6-5-17(9)2)14(21)16-12-4-3-10(13(19)20)7-11(12)15/h3-4,7,9H,5-6,8H2,1-2H3,(H,16,21)(H,19,20). The van der Waals surface area contributed by atoms with Gasteiger partial charge < -0.3 is 20.2 Å². The number of benzene rings is 1. The number of carbonyl (C=O) groups excluding carboxylic acids is 1. The number of rotatable bonds is 2. The molecule has 0 spiro atoms. The van der Waals surface area contributed by atoms with Crippen molar-refractivity contribution in [1.82, 2.24) is 9.80 Å². The number of halogens is 1. The van der Waals surface area contributed by atoms with E-state index in [9.17, 15) is 14.0 Å². The third kappa shape index (κ3) is 3.49. The van der Waals surface area contributed by atoms with E-state index in [0.29, 0.717) is 13.1 Å². The minimum atomic E-state index is -1.21. The summed E-state index contributed by atoms with van der Waals surface area (Å²) >= 11 is 0. The van der Waals surface area contributed by atoms with Crippen molar-refractivity contribution in [2.24, 2.45) is 0 Å². The average Bonchev–Trinajstić information content (AvgIpc) is 2.43. The molecule has 0 aromatic heterocycles. The van der Waals surface area contributed by atoms with E-state index in [0.717, 1.165) is 12.6 Å². The van der Waals surface area contributed by atoms with E-state index in [1.54, 1.807) is 4.90 Å². The highest BCUT2D eigenvalue weighted by Crippen LogP contribution is 2.17. The lowest BCUT2D eigenvalue weighted by Gasteiger charge is -2.37. The maximum Gasteiger partial charge on any atom is 0.335 e. The van der Waals surface area contributed by atoms with Gasteiger partial charge in [-0.25, -0.2) is 14.0 Å². The molecule has 21 heavy (non-hydrogen) atoms. The molecule has 1 saturated heterocycles. The van der Waals surface area contributed by atoms with E-state index in [1.807, 2.05) is 14.0 Å². The number of piperazine rings is 1. The van der Waals surface area contributed by atoms with Gasteiger partial charge in [0.1, 0.15) is 5.82 Å². The van der Waals surface area contributed by atoms with Crippen LogP contribution in [0.1, 0.15) is 17.3 Å². The summed E-state index contributed by atoms with van der Waals surface area (Å²) in [6.07, 6.45) is 0. The Balaban J connectivity index is 2.04. The van der Waals surface area contributed by atoms with Crippen LogP contribution in [-0.2, 0) is 0 Å². The second-order valence-corrected chi connectivity index (χ2v) is 5.21. The molecular formula is C14H18FN3O3. The lowest BCUT2D eigenvalue weighted by Crippen LogP contribution is -2.53. The normalized spacial score (nSPS) is 19.4. The quantitative estimate of drug-likeness (QED) is 0.871. The summed E-state index contributed by atoms with van der Waals surface area (Å²) in [6.45, 7) is 3.91. The fourth-order valence-corrected chi connectivity index (χ4v) is 2.18. The van der Waals surface area contributed by atoms with Crippen LogP contribution in [0, 0.1) is 5.82 Å². The maximum atomic E-state index is 13.8. The summed E-state index contributed by atoms with van der Waals surface area (Å²) in [5.41, 5.74) is -0.171. The van der Waals surface area contributed by atoms with Crippen LogP contribution in [-0.4, -0.2) is 59.6 Å². The van der Waals surface area contributed by atoms with Crippen molar-refractivity contribution in [3.05, 3.63) is 29.6 Å². The number of hydrogen-bond donors (Lipinski definition) is 2. The predicted octanol–water partition coefficient (Wildman–Crippen LogP) is 1.69. The van der Waals surface area contributed by atoms with Crippen LogP contribution in [0.15, 0.2) is 18.2 Å². The molecule has 0 bridgehead atoms. The maximum absolute atomic E-state index is 13.8. The fourth-order valence-electron chi connectivity index (χ4n) is 2.18. The Morgan fingerprint density at radius 1 is 1.38 bits per heavy atom. The van der Waals surface area contributed by atoms with Crippen molar-refractivity contribution in [2.75, 3.05) is 32.0 Å². The summed E-state index contributed by atoms with van der Waals surface area (Å²) < 4.78 is 13.8. The molecule has 114 valence electrons. The van der Waals surface area contributed by atoms with Gasteiger partial charge in [-0.3, -0.25) is 0 Å². The topological polar surface area (TPSA) is 72.9 Å². The second-order valence-electron chi connectivity index (χ2n) is 5.21. The Morgan fingerprint density at radius 2 is 2.10 bits per heavy atom. The molecule has 1 aliphatic rings. The largest absolute Gasteiger partial charge is 0.478 e. The van der Waals surface area contributed by atoms with Gasteiger partial charge in [0.05, 0.1) is 11.3 Å². The molecule has 1 unspecified atom stereocenters. The highest BCUT2D eigenvalue weighted by atomic mass is 19.1. The van der Waals surface area contributed by atoms with Crippen molar-refractivity contribution in [3.63, 3.8) is 0 Å². The lowest BCUT2D eigenvalue weighted by molar-refractivity contribution is 0.0696. The number of anilines is 1. The molecule has 1 aromatic carbocycles. The molecule has 0 aliphatic carbocycles. The molecule has 1 fully saturated rings. The van der Waals surface area contributed by atoms with Gasteiger partial charge in [-0.1, -0.05) is 0 Å². The van der Waals surface area contributed by atoms with Crippen LogP contribution in [0.2, 0.25) is 0 Å². The van der Waals surface area contributed by atoms with E-state index in [2.05, 4.69) is 10.2 Å². The smallest absolute Gasteiger partial charge is 0.335 e. The number of likely N-dealkylation sites (N-methyl/N-ethyl adjacent to an activating group) is 1. The van der Waals surface area contributed by atoms with Crippen LogP contribution < -0.4 is 5.32 Å². The number of carboxylic acid groups (broad SMARTS) is 1. The summed E-state index contributed by atoms with van der Waals surface area (Å²) in [5.74, 6) is -1.97. The minimum absolute atomic E-state index is 0.0171. The van der Waals surface area contributed by atoms with Crippen LogP contribution in [0.25, 0.3) is 0 Å². The third-order valence-corrected chi connectivity index (χ3v) is 3.70. The van der Waals surface area contributed by atoms with Gasteiger partial charge in [0.15, 0.2) is 0 Å². The first-order valence-corrected chi connectivity index (χ1v) is 6.67. The summed E-state index contributed by atoms with van der Waals surface area (Å²) in [4.78, 5) is 26.6. The number of nitrogens with one attached hydrogen (secondary N) is 1. The van der Waals surface area contributed by atoms with Crippen molar-refractivity contribution >= 4 is 17.7 Å². The highest BCUT2D eigenvalue weighted by Gasteiger charge is 2.24. The molecule has 1 aromatic rings. The number of aromatic carboxylic acids is 1. The Kier molecular flexibility index (Phi) is 4.42. The molecule has 0 radical (unpaired) electrons. The van der Waals surface area contributed by atoms with Gasteiger partial charge in [0, 0.05) is 25.7 Å². The van der Waals surface area contributed by atoms with Gasteiger partial charge in [0.25, 0.3) is 0 Å². The molecule has 1 aliphatic heterocycles. The molecule has 1 atom stereocenters. The number of hydrogen-bond acceptors (Lipinski definition) is 3. The second kappa shape index (κ2) is 6.09. The zero-order valence-electron chi connectivity index (χ0n) is 12.0. The molecule has 1 heterocycles.